The fourth-order valence-corrected chi connectivity index (χ4v) is 1.99. The second kappa shape index (κ2) is 4.78. The first-order valence-electron chi connectivity index (χ1n) is 5.38. The predicted octanol–water partition coefficient (Wildman–Crippen LogP) is 3.31. The molecule has 0 radical (unpaired) electrons. The van der Waals surface area contributed by atoms with Crippen LogP contribution in [0.1, 0.15) is 22.8 Å². The van der Waals surface area contributed by atoms with Gasteiger partial charge in [0.25, 0.3) is 0 Å². The largest absolute Gasteiger partial charge is 0.397 e. The van der Waals surface area contributed by atoms with Crippen LogP contribution in [0.3, 0.4) is 0 Å². The number of para-hydroxylation sites is 1. The van der Waals surface area contributed by atoms with E-state index in [2.05, 4.69) is 0 Å². The number of benzene rings is 2. The second-order valence-corrected chi connectivity index (χ2v) is 4.47. The molecule has 1 atom stereocenters. The number of aliphatic hydroxyl groups excluding tert-OH is 1. The number of aliphatic hydroxyl groups is 1. The fourth-order valence-electron chi connectivity index (χ4n) is 1.81. The lowest BCUT2D eigenvalue weighted by molar-refractivity contribution is 0.221. The fraction of sp³-hybridized carbons (Fsp3) is 0.143. The zero-order valence-electron chi connectivity index (χ0n) is 9.52. The van der Waals surface area contributed by atoms with Gasteiger partial charge in [0.1, 0.15) is 6.10 Å². The highest BCUT2D eigenvalue weighted by atomic mass is 35.5. The van der Waals surface area contributed by atoms with Gasteiger partial charge in [0.05, 0.1) is 10.7 Å². The van der Waals surface area contributed by atoms with Crippen LogP contribution in [-0.2, 0) is 0 Å². The summed E-state index contributed by atoms with van der Waals surface area (Å²) < 4.78 is 0. The normalized spacial score (nSPS) is 12.4. The molecule has 2 rings (SSSR count). The van der Waals surface area contributed by atoms with Crippen molar-refractivity contribution in [3.05, 3.63) is 64.2 Å². The number of nitrogens with two attached hydrogens (primary N) is 1. The van der Waals surface area contributed by atoms with E-state index in [1.807, 2.05) is 31.2 Å². The summed E-state index contributed by atoms with van der Waals surface area (Å²) >= 11 is 5.94. The van der Waals surface area contributed by atoms with E-state index in [0.717, 1.165) is 11.1 Å². The van der Waals surface area contributed by atoms with Crippen molar-refractivity contribution < 1.29 is 5.11 Å². The molecule has 17 heavy (non-hydrogen) atoms. The van der Waals surface area contributed by atoms with Gasteiger partial charge in [-0.15, -0.1) is 0 Å². The molecule has 0 aliphatic carbocycles. The van der Waals surface area contributed by atoms with Crippen LogP contribution in [0.15, 0.2) is 42.5 Å². The SMILES string of the molecule is Cc1cccc(C(O)c2cccc(Cl)c2N)c1. The van der Waals surface area contributed by atoms with Crippen LogP contribution in [0.2, 0.25) is 5.02 Å². The van der Waals surface area contributed by atoms with Crippen LogP contribution >= 0.6 is 11.6 Å². The summed E-state index contributed by atoms with van der Waals surface area (Å²) in [5.74, 6) is 0. The number of aryl methyl sites for hydroxylation is 1. The molecule has 0 amide bonds. The summed E-state index contributed by atoms with van der Waals surface area (Å²) in [4.78, 5) is 0. The number of halogens is 1. The second-order valence-electron chi connectivity index (χ2n) is 4.06. The Morgan fingerprint density at radius 2 is 1.88 bits per heavy atom. The summed E-state index contributed by atoms with van der Waals surface area (Å²) in [5, 5.41) is 10.7. The molecule has 2 aromatic rings. The molecule has 0 aliphatic rings. The zero-order chi connectivity index (χ0) is 12.4. The predicted molar refractivity (Wildman–Crippen MR) is 71.1 cm³/mol. The minimum absolute atomic E-state index is 0.433. The molecular formula is C14H14ClNO. The molecule has 1 unspecified atom stereocenters. The molecule has 3 heteroatoms. The van der Waals surface area contributed by atoms with Gasteiger partial charge in [0.2, 0.25) is 0 Å². The van der Waals surface area contributed by atoms with Crippen molar-refractivity contribution in [2.75, 3.05) is 5.73 Å². The first-order valence-corrected chi connectivity index (χ1v) is 5.76. The van der Waals surface area contributed by atoms with Crippen molar-refractivity contribution >= 4 is 17.3 Å². The van der Waals surface area contributed by atoms with E-state index in [1.165, 1.54) is 0 Å². The molecule has 0 aromatic heterocycles. The minimum atomic E-state index is -0.742. The van der Waals surface area contributed by atoms with Crippen LogP contribution in [0.4, 0.5) is 5.69 Å². The van der Waals surface area contributed by atoms with E-state index in [4.69, 9.17) is 17.3 Å². The van der Waals surface area contributed by atoms with E-state index >= 15 is 0 Å². The van der Waals surface area contributed by atoms with Gasteiger partial charge in [0, 0.05) is 5.56 Å². The maximum Gasteiger partial charge on any atom is 0.106 e. The molecule has 0 saturated heterocycles. The van der Waals surface area contributed by atoms with Crippen molar-refractivity contribution in [3.63, 3.8) is 0 Å². The van der Waals surface area contributed by atoms with E-state index in [0.29, 0.717) is 16.3 Å². The Morgan fingerprint density at radius 3 is 2.59 bits per heavy atom. The van der Waals surface area contributed by atoms with Gasteiger partial charge in [-0.1, -0.05) is 53.6 Å². The monoisotopic (exact) mass is 247 g/mol. The van der Waals surface area contributed by atoms with Crippen LogP contribution in [0.5, 0.6) is 0 Å². The average Bonchev–Trinajstić information content (AvgIpc) is 2.32. The highest BCUT2D eigenvalue weighted by molar-refractivity contribution is 6.33. The van der Waals surface area contributed by atoms with E-state index in [9.17, 15) is 5.11 Å². The third kappa shape index (κ3) is 2.43. The zero-order valence-corrected chi connectivity index (χ0v) is 10.3. The highest BCUT2D eigenvalue weighted by Crippen LogP contribution is 2.31. The first kappa shape index (κ1) is 12.0. The molecule has 0 bridgehead atoms. The number of hydrogen-bond donors (Lipinski definition) is 2. The summed E-state index contributed by atoms with van der Waals surface area (Å²) in [6.45, 7) is 1.98. The van der Waals surface area contributed by atoms with Gasteiger partial charge in [-0.2, -0.15) is 0 Å². The van der Waals surface area contributed by atoms with E-state index in [-0.39, 0.29) is 0 Å². The molecule has 2 nitrogen and oxygen atoms in total. The molecular weight excluding hydrogens is 234 g/mol. The van der Waals surface area contributed by atoms with Crippen LogP contribution in [-0.4, -0.2) is 5.11 Å². The lowest BCUT2D eigenvalue weighted by atomic mass is 9.99. The van der Waals surface area contributed by atoms with E-state index in [1.54, 1.807) is 18.2 Å². The summed E-state index contributed by atoms with van der Waals surface area (Å²) in [5.41, 5.74) is 8.86. The third-order valence-electron chi connectivity index (χ3n) is 2.74. The summed E-state index contributed by atoms with van der Waals surface area (Å²) in [6, 6.07) is 13.0. The molecule has 0 saturated carbocycles. The molecule has 0 aliphatic heterocycles. The van der Waals surface area contributed by atoms with Gasteiger partial charge in [-0.25, -0.2) is 0 Å². The Bertz CT molecular complexity index is 539. The van der Waals surface area contributed by atoms with Gasteiger partial charge in [-0.05, 0) is 18.6 Å². The topological polar surface area (TPSA) is 46.2 Å². The number of hydrogen-bond acceptors (Lipinski definition) is 2. The number of nitrogen functional groups attached to an aromatic ring is 1. The number of rotatable bonds is 2. The lowest BCUT2D eigenvalue weighted by Gasteiger charge is -2.15. The Morgan fingerprint density at radius 1 is 1.18 bits per heavy atom. The third-order valence-corrected chi connectivity index (χ3v) is 3.07. The number of anilines is 1. The van der Waals surface area contributed by atoms with Gasteiger partial charge in [-0.3, -0.25) is 0 Å². The summed E-state index contributed by atoms with van der Waals surface area (Å²) in [6.07, 6.45) is -0.742. The molecule has 0 spiro atoms. The molecule has 3 N–H and O–H groups in total. The Balaban J connectivity index is 2.44. The Hall–Kier alpha value is -1.51. The van der Waals surface area contributed by atoms with Crippen LogP contribution < -0.4 is 5.73 Å². The van der Waals surface area contributed by atoms with Crippen molar-refractivity contribution in [2.45, 2.75) is 13.0 Å². The quantitative estimate of drug-likeness (QED) is 0.800. The van der Waals surface area contributed by atoms with Crippen LogP contribution in [0, 0.1) is 6.92 Å². The average molecular weight is 248 g/mol. The maximum absolute atomic E-state index is 10.3. The van der Waals surface area contributed by atoms with Crippen molar-refractivity contribution in [2.24, 2.45) is 0 Å². The van der Waals surface area contributed by atoms with Gasteiger partial charge in [0.15, 0.2) is 0 Å². The minimum Gasteiger partial charge on any atom is -0.397 e. The molecule has 0 heterocycles. The smallest absolute Gasteiger partial charge is 0.106 e. The standard InChI is InChI=1S/C14H14ClNO/c1-9-4-2-5-10(8-9)14(17)11-6-3-7-12(15)13(11)16/h2-8,14,17H,16H2,1H3. The van der Waals surface area contributed by atoms with Crippen molar-refractivity contribution in [3.8, 4) is 0 Å². The van der Waals surface area contributed by atoms with Gasteiger partial charge < -0.3 is 10.8 Å². The van der Waals surface area contributed by atoms with E-state index < -0.39 is 6.10 Å². The molecule has 88 valence electrons. The van der Waals surface area contributed by atoms with Gasteiger partial charge >= 0.3 is 0 Å². The van der Waals surface area contributed by atoms with Crippen molar-refractivity contribution in [1.29, 1.82) is 0 Å². The maximum atomic E-state index is 10.3. The Labute approximate surface area is 106 Å². The van der Waals surface area contributed by atoms with Crippen LogP contribution in [0.25, 0.3) is 0 Å². The highest BCUT2D eigenvalue weighted by Gasteiger charge is 2.14. The lowest BCUT2D eigenvalue weighted by Crippen LogP contribution is -2.04. The molecule has 2 aromatic carbocycles. The first-order chi connectivity index (χ1) is 8.09. The van der Waals surface area contributed by atoms with Crippen molar-refractivity contribution in [1.82, 2.24) is 0 Å². The molecule has 0 fully saturated rings. The Kier molecular flexibility index (Phi) is 3.36. The summed E-state index contributed by atoms with van der Waals surface area (Å²) in [7, 11) is 0.